The van der Waals surface area contributed by atoms with E-state index in [1.165, 1.54) is 6.07 Å². The van der Waals surface area contributed by atoms with Crippen LogP contribution in [0, 0.1) is 0 Å². The van der Waals surface area contributed by atoms with E-state index in [-0.39, 0.29) is 22.0 Å². The molecule has 21 heavy (non-hydrogen) atoms. The summed E-state index contributed by atoms with van der Waals surface area (Å²) >= 11 is 6.04. The van der Waals surface area contributed by atoms with Crippen LogP contribution in [0.4, 0.5) is 0 Å². The van der Waals surface area contributed by atoms with Crippen LogP contribution in [0.2, 0.25) is 5.02 Å². The molecule has 0 aliphatic heterocycles. The number of benzene rings is 1. The molecule has 0 aliphatic rings. The number of sulfonamides is 1. The highest BCUT2D eigenvalue weighted by Crippen LogP contribution is 2.26. The molecule has 0 bridgehead atoms. The zero-order valence-electron chi connectivity index (χ0n) is 10.9. The number of hydrogen-bond donors (Lipinski definition) is 2. The van der Waals surface area contributed by atoms with Crippen molar-refractivity contribution in [3.8, 4) is 0 Å². The van der Waals surface area contributed by atoms with Crippen LogP contribution in [0.15, 0.2) is 39.8 Å². The molecule has 0 aliphatic carbocycles. The maximum absolute atomic E-state index is 11.5. The number of nitrogens with two attached hydrogens (primary N) is 1. The minimum absolute atomic E-state index is 0.00930. The molecular formula is C13H13ClN2O4S. The van der Waals surface area contributed by atoms with Gasteiger partial charge in [0.05, 0.1) is 17.8 Å². The highest BCUT2D eigenvalue weighted by Gasteiger charge is 2.17. The second-order valence-corrected chi connectivity index (χ2v) is 6.25. The Morgan fingerprint density at radius 2 is 2.10 bits per heavy atom. The summed E-state index contributed by atoms with van der Waals surface area (Å²) in [6.45, 7) is 0.711. The minimum Gasteiger partial charge on any atom is -0.468 e. The highest BCUT2D eigenvalue weighted by molar-refractivity contribution is 7.89. The third-order valence-electron chi connectivity index (χ3n) is 2.77. The number of rotatable bonds is 6. The molecule has 0 radical (unpaired) electrons. The van der Waals surface area contributed by atoms with Crippen molar-refractivity contribution < 1.29 is 17.6 Å². The zero-order valence-corrected chi connectivity index (χ0v) is 12.4. The molecule has 2 aromatic rings. The third kappa shape index (κ3) is 3.92. The molecule has 0 fully saturated rings. The first-order valence-corrected chi connectivity index (χ1v) is 7.87. The summed E-state index contributed by atoms with van der Waals surface area (Å²) in [5.41, 5.74) is 0.662. The Bertz CT molecular complexity index is 742. The van der Waals surface area contributed by atoms with Gasteiger partial charge in [-0.15, -0.1) is 0 Å². The zero-order chi connectivity index (χ0) is 15.5. The number of aldehydes is 1. The van der Waals surface area contributed by atoms with Gasteiger partial charge in [-0.1, -0.05) is 11.6 Å². The Hall–Kier alpha value is -1.67. The smallest absolute Gasteiger partial charge is 0.239 e. The Morgan fingerprint density at radius 3 is 2.67 bits per heavy atom. The topological polar surface area (TPSA) is 102 Å². The van der Waals surface area contributed by atoms with E-state index in [1.54, 1.807) is 18.4 Å². The molecule has 3 N–H and O–H groups in total. The molecule has 6 nitrogen and oxygen atoms in total. The van der Waals surface area contributed by atoms with Crippen molar-refractivity contribution in [3.05, 3.63) is 52.4 Å². The lowest BCUT2D eigenvalue weighted by atomic mass is 10.1. The van der Waals surface area contributed by atoms with Crippen molar-refractivity contribution in [1.29, 1.82) is 0 Å². The molecular weight excluding hydrogens is 316 g/mol. The molecule has 1 heterocycles. The van der Waals surface area contributed by atoms with E-state index in [1.807, 2.05) is 0 Å². The van der Waals surface area contributed by atoms with E-state index < -0.39 is 10.0 Å². The van der Waals surface area contributed by atoms with Crippen LogP contribution in [0.1, 0.15) is 21.7 Å². The van der Waals surface area contributed by atoms with E-state index in [2.05, 4.69) is 5.32 Å². The van der Waals surface area contributed by atoms with Crippen LogP contribution in [0.5, 0.6) is 0 Å². The molecule has 0 saturated carbocycles. The summed E-state index contributed by atoms with van der Waals surface area (Å²) in [4.78, 5) is 10.6. The minimum atomic E-state index is -3.99. The largest absolute Gasteiger partial charge is 0.468 e. The number of nitrogens with one attached hydrogen (secondary N) is 1. The second kappa shape index (κ2) is 6.40. The lowest BCUT2D eigenvalue weighted by molar-refractivity contribution is 0.112. The highest BCUT2D eigenvalue weighted by atomic mass is 35.5. The average molecular weight is 329 g/mol. The van der Waals surface area contributed by atoms with Gasteiger partial charge in [0.2, 0.25) is 10.0 Å². The first-order chi connectivity index (χ1) is 9.91. The SMILES string of the molecule is NS(=O)(=O)c1cc(C=O)cc(CNCc2ccco2)c1Cl. The van der Waals surface area contributed by atoms with E-state index in [9.17, 15) is 13.2 Å². The van der Waals surface area contributed by atoms with Crippen molar-refractivity contribution in [2.24, 2.45) is 5.14 Å². The number of halogens is 1. The van der Waals surface area contributed by atoms with Gasteiger partial charge in [0.25, 0.3) is 0 Å². The molecule has 112 valence electrons. The van der Waals surface area contributed by atoms with E-state index in [0.717, 1.165) is 11.8 Å². The maximum Gasteiger partial charge on any atom is 0.239 e. The van der Waals surface area contributed by atoms with Crippen LogP contribution < -0.4 is 10.5 Å². The fourth-order valence-corrected chi connectivity index (χ4v) is 3.00. The van der Waals surface area contributed by atoms with Crippen molar-refractivity contribution >= 4 is 27.9 Å². The van der Waals surface area contributed by atoms with Gasteiger partial charge in [-0.2, -0.15) is 0 Å². The van der Waals surface area contributed by atoms with E-state index in [0.29, 0.717) is 18.4 Å². The van der Waals surface area contributed by atoms with Crippen LogP contribution in [0.3, 0.4) is 0 Å². The molecule has 0 amide bonds. The van der Waals surface area contributed by atoms with Gasteiger partial charge in [0.1, 0.15) is 16.9 Å². The first kappa shape index (κ1) is 15.7. The Balaban J connectivity index is 2.24. The average Bonchev–Trinajstić information content (AvgIpc) is 2.92. The van der Waals surface area contributed by atoms with Crippen LogP contribution in [0.25, 0.3) is 0 Å². The Kier molecular flexibility index (Phi) is 4.79. The second-order valence-electron chi connectivity index (χ2n) is 4.34. The number of carbonyl (C=O) groups is 1. The standard InChI is InChI=1S/C13H13ClN2O4S/c14-13-10(6-16-7-11-2-1-3-20-11)4-9(8-17)5-12(13)21(15,18)19/h1-5,8,16H,6-7H2,(H2,15,18,19). The van der Waals surface area contributed by atoms with Gasteiger partial charge in [-0.25, -0.2) is 13.6 Å². The molecule has 8 heteroatoms. The predicted octanol–water partition coefficient (Wildman–Crippen LogP) is 1.68. The summed E-state index contributed by atoms with van der Waals surface area (Å²) in [5.74, 6) is 0.726. The van der Waals surface area contributed by atoms with Crippen molar-refractivity contribution in [1.82, 2.24) is 5.32 Å². The lowest BCUT2D eigenvalue weighted by Crippen LogP contribution is -2.17. The van der Waals surface area contributed by atoms with Gasteiger partial charge >= 0.3 is 0 Å². The van der Waals surface area contributed by atoms with Crippen molar-refractivity contribution in [3.63, 3.8) is 0 Å². The number of furan rings is 1. The van der Waals surface area contributed by atoms with Crippen LogP contribution in [-0.2, 0) is 23.1 Å². The van der Waals surface area contributed by atoms with Crippen LogP contribution in [-0.4, -0.2) is 14.7 Å². The third-order valence-corrected chi connectivity index (χ3v) is 4.27. The van der Waals surface area contributed by atoms with Gasteiger partial charge in [0.15, 0.2) is 0 Å². The van der Waals surface area contributed by atoms with E-state index in [4.69, 9.17) is 21.2 Å². The van der Waals surface area contributed by atoms with Crippen molar-refractivity contribution in [2.75, 3.05) is 0 Å². The fraction of sp³-hybridized carbons (Fsp3) is 0.154. The van der Waals surface area contributed by atoms with Gasteiger partial charge in [-0.3, -0.25) is 4.79 Å². The molecule has 2 rings (SSSR count). The predicted molar refractivity (Wildman–Crippen MR) is 77.5 cm³/mol. The van der Waals surface area contributed by atoms with Gasteiger partial charge in [0, 0.05) is 12.1 Å². The van der Waals surface area contributed by atoms with Crippen LogP contribution >= 0.6 is 11.6 Å². The Labute approximate surface area is 126 Å². The maximum atomic E-state index is 11.5. The fourth-order valence-electron chi connectivity index (χ4n) is 1.82. The molecule has 0 atom stereocenters. The summed E-state index contributed by atoms with van der Waals surface area (Å²) < 4.78 is 28.1. The molecule has 0 spiro atoms. The van der Waals surface area contributed by atoms with Gasteiger partial charge < -0.3 is 9.73 Å². The monoisotopic (exact) mass is 328 g/mol. The molecule has 0 saturated heterocycles. The first-order valence-electron chi connectivity index (χ1n) is 5.95. The normalized spacial score (nSPS) is 11.5. The molecule has 1 aromatic carbocycles. The van der Waals surface area contributed by atoms with Gasteiger partial charge in [-0.05, 0) is 29.8 Å². The van der Waals surface area contributed by atoms with E-state index >= 15 is 0 Å². The lowest BCUT2D eigenvalue weighted by Gasteiger charge is -2.10. The number of carbonyl (C=O) groups excluding carboxylic acids is 1. The quantitative estimate of drug-likeness (QED) is 0.785. The molecule has 1 aromatic heterocycles. The summed E-state index contributed by atoms with van der Waals surface area (Å²) in [6.07, 6.45) is 2.09. The summed E-state index contributed by atoms with van der Waals surface area (Å²) in [5, 5.41) is 8.15. The number of hydrogen-bond acceptors (Lipinski definition) is 5. The molecule has 0 unspecified atom stereocenters. The Morgan fingerprint density at radius 1 is 1.33 bits per heavy atom. The summed E-state index contributed by atoms with van der Waals surface area (Å²) in [6, 6.07) is 6.22. The van der Waals surface area contributed by atoms with Crippen molar-refractivity contribution in [2.45, 2.75) is 18.0 Å². The number of primary sulfonamides is 1. The summed E-state index contributed by atoms with van der Waals surface area (Å²) in [7, 11) is -3.99.